The lowest BCUT2D eigenvalue weighted by atomic mass is 9.85. The van der Waals surface area contributed by atoms with Crippen molar-refractivity contribution >= 4 is 17.6 Å². The van der Waals surface area contributed by atoms with Crippen molar-refractivity contribution in [1.29, 1.82) is 0 Å². The molecule has 0 saturated carbocycles. The Labute approximate surface area is 135 Å². The number of anilines is 1. The lowest BCUT2D eigenvalue weighted by molar-refractivity contribution is -0.142. The largest absolute Gasteiger partial charge is 0.481 e. The molecule has 1 aromatic carbocycles. The second kappa shape index (κ2) is 6.64. The van der Waals surface area contributed by atoms with Gasteiger partial charge < -0.3 is 10.4 Å². The molecule has 0 aliphatic rings. The molecule has 1 heterocycles. The first-order chi connectivity index (χ1) is 10.8. The molecular formula is C17H21N3O3. The van der Waals surface area contributed by atoms with Crippen LogP contribution in [0.1, 0.15) is 43.1 Å². The van der Waals surface area contributed by atoms with E-state index < -0.39 is 11.4 Å². The molecule has 6 heteroatoms. The smallest absolute Gasteiger partial charge is 0.313 e. The summed E-state index contributed by atoms with van der Waals surface area (Å²) in [6, 6.07) is 6.83. The Bertz CT molecular complexity index is 702. The summed E-state index contributed by atoms with van der Waals surface area (Å²) in [4.78, 5) is 23.4. The monoisotopic (exact) mass is 315 g/mol. The van der Waals surface area contributed by atoms with E-state index in [0.29, 0.717) is 16.8 Å². The minimum atomic E-state index is -0.968. The molecule has 1 amide bonds. The van der Waals surface area contributed by atoms with Gasteiger partial charge in [0, 0.05) is 18.4 Å². The highest BCUT2D eigenvalue weighted by molar-refractivity contribution is 6.03. The summed E-state index contributed by atoms with van der Waals surface area (Å²) in [5.74, 6) is -1.13. The zero-order valence-electron chi connectivity index (χ0n) is 13.5. The van der Waals surface area contributed by atoms with Gasteiger partial charge in [-0.15, -0.1) is 0 Å². The van der Waals surface area contributed by atoms with Gasteiger partial charge in [-0.05, 0) is 38.0 Å². The van der Waals surface area contributed by atoms with E-state index in [1.54, 1.807) is 49.0 Å². The molecule has 0 unspecified atom stereocenters. The average molecular weight is 315 g/mol. The summed E-state index contributed by atoms with van der Waals surface area (Å²) >= 11 is 0. The minimum absolute atomic E-state index is 0.238. The third kappa shape index (κ3) is 3.77. The molecular weight excluding hydrogens is 294 g/mol. The standard InChI is InChI=1S/C17H21N3O3/c1-4-9-20-11-12(10-18-20)15(21)19-14-7-5-13(6-8-14)17(2,3)16(22)23/h5-8,10-11H,4,9H2,1-3H3,(H,19,21)(H,22,23). The van der Waals surface area contributed by atoms with Crippen LogP contribution >= 0.6 is 0 Å². The van der Waals surface area contributed by atoms with Crippen LogP contribution in [0.25, 0.3) is 0 Å². The number of nitrogens with zero attached hydrogens (tertiary/aromatic N) is 2. The van der Waals surface area contributed by atoms with Crippen LogP contribution in [0.4, 0.5) is 5.69 Å². The van der Waals surface area contributed by atoms with Crippen LogP contribution in [0.3, 0.4) is 0 Å². The van der Waals surface area contributed by atoms with Gasteiger partial charge >= 0.3 is 5.97 Å². The SMILES string of the molecule is CCCn1cc(C(=O)Nc2ccc(C(C)(C)C(=O)O)cc2)cn1. The predicted molar refractivity (Wildman–Crippen MR) is 87.6 cm³/mol. The van der Waals surface area contributed by atoms with E-state index in [9.17, 15) is 14.7 Å². The van der Waals surface area contributed by atoms with E-state index in [-0.39, 0.29) is 5.91 Å². The molecule has 0 aliphatic carbocycles. The second-order valence-electron chi connectivity index (χ2n) is 5.95. The van der Waals surface area contributed by atoms with E-state index in [4.69, 9.17) is 0 Å². The molecule has 2 rings (SSSR count). The number of nitrogens with one attached hydrogen (secondary N) is 1. The fraction of sp³-hybridized carbons (Fsp3) is 0.353. The van der Waals surface area contributed by atoms with Gasteiger partial charge in [0.25, 0.3) is 5.91 Å². The molecule has 0 bridgehead atoms. The number of rotatable bonds is 6. The Hall–Kier alpha value is -2.63. The first kappa shape index (κ1) is 16.7. The highest BCUT2D eigenvalue weighted by atomic mass is 16.4. The van der Waals surface area contributed by atoms with Crippen molar-refractivity contribution in [2.45, 2.75) is 39.2 Å². The molecule has 6 nitrogen and oxygen atoms in total. The molecule has 23 heavy (non-hydrogen) atoms. The van der Waals surface area contributed by atoms with Crippen molar-refractivity contribution in [3.63, 3.8) is 0 Å². The van der Waals surface area contributed by atoms with Crippen LogP contribution in [-0.2, 0) is 16.8 Å². The van der Waals surface area contributed by atoms with Crippen molar-refractivity contribution < 1.29 is 14.7 Å². The van der Waals surface area contributed by atoms with E-state index in [0.717, 1.165) is 13.0 Å². The Morgan fingerprint density at radius 2 is 1.91 bits per heavy atom. The number of aliphatic carboxylic acids is 1. The maximum atomic E-state index is 12.2. The van der Waals surface area contributed by atoms with Gasteiger partial charge in [0.05, 0.1) is 17.2 Å². The van der Waals surface area contributed by atoms with Crippen LogP contribution < -0.4 is 5.32 Å². The van der Waals surface area contributed by atoms with Gasteiger partial charge in [-0.2, -0.15) is 5.10 Å². The fourth-order valence-corrected chi connectivity index (χ4v) is 2.13. The molecule has 0 radical (unpaired) electrons. The van der Waals surface area contributed by atoms with Crippen LogP contribution in [0, 0.1) is 0 Å². The zero-order valence-corrected chi connectivity index (χ0v) is 13.5. The summed E-state index contributed by atoms with van der Waals surface area (Å²) in [6.45, 7) is 6.10. The maximum Gasteiger partial charge on any atom is 0.313 e. The van der Waals surface area contributed by atoms with Gasteiger partial charge in [0.15, 0.2) is 0 Å². The molecule has 0 spiro atoms. The first-order valence-corrected chi connectivity index (χ1v) is 7.52. The van der Waals surface area contributed by atoms with E-state index in [1.807, 2.05) is 6.92 Å². The maximum absolute atomic E-state index is 12.2. The summed E-state index contributed by atoms with van der Waals surface area (Å²) in [5, 5.41) is 16.1. The normalized spacial score (nSPS) is 11.3. The van der Waals surface area contributed by atoms with E-state index >= 15 is 0 Å². The van der Waals surface area contributed by atoms with Gasteiger partial charge in [-0.1, -0.05) is 19.1 Å². The number of amides is 1. The third-order valence-electron chi connectivity index (χ3n) is 3.75. The first-order valence-electron chi connectivity index (χ1n) is 7.52. The zero-order chi connectivity index (χ0) is 17.0. The van der Waals surface area contributed by atoms with Gasteiger partial charge in [0.1, 0.15) is 0 Å². The average Bonchev–Trinajstić information content (AvgIpc) is 2.97. The van der Waals surface area contributed by atoms with Crippen LogP contribution in [0.5, 0.6) is 0 Å². The van der Waals surface area contributed by atoms with Gasteiger partial charge in [-0.25, -0.2) is 0 Å². The van der Waals surface area contributed by atoms with Crippen molar-refractivity contribution in [2.75, 3.05) is 5.32 Å². The van der Waals surface area contributed by atoms with Crippen molar-refractivity contribution in [1.82, 2.24) is 9.78 Å². The summed E-state index contributed by atoms with van der Waals surface area (Å²) in [6.07, 6.45) is 4.19. The number of aromatic nitrogens is 2. The number of hydrogen-bond acceptors (Lipinski definition) is 3. The second-order valence-corrected chi connectivity index (χ2v) is 5.95. The molecule has 1 aromatic heterocycles. The Balaban J connectivity index is 2.08. The molecule has 2 N–H and O–H groups in total. The quantitative estimate of drug-likeness (QED) is 0.858. The number of benzene rings is 1. The predicted octanol–water partition coefficient (Wildman–Crippen LogP) is 2.91. The summed E-state index contributed by atoms with van der Waals surface area (Å²) in [5.41, 5.74) is 0.819. The summed E-state index contributed by atoms with van der Waals surface area (Å²) < 4.78 is 1.73. The number of hydrogen-bond donors (Lipinski definition) is 2. The molecule has 0 saturated heterocycles. The Morgan fingerprint density at radius 3 is 2.48 bits per heavy atom. The fourth-order valence-electron chi connectivity index (χ4n) is 2.13. The number of carbonyl (C=O) groups excluding carboxylic acids is 1. The van der Waals surface area contributed by atoms with E-state index in [1.165, 1.54) is 6.20 Å². The Kier molecular flexibility index (Phi) is 4.83. The number of carbonyl (C=O) groups is 2. The third-order valence-corrected chi connectivity index (χ3v) is 3.75. The van der Waals surface area contributed by atoms with Gasteiger partial charge in [0.2, 0.25) is 0 Å². The van der Waals surface area contributed by atoms with Crippen LogP contribution in [0.15, 0.2) is 36.7 Å². The molecule has 122 valence electrons. The lowest BCUT2D eigenvalue weighted by Gasteiger charge is -2.19. The lowest BCUT2D eigenvalue weighted by Crippen LogP contribution is -2.28. The molecule has 0 fully saturated rings. The van der Waals surface area contributed by atoms with E-state index in [2.05, 4.69) is 10.4 Å². The highest BCUT2D eigenvalue weighted by Crippen LogP contribution is 2.24. The number of carboxylic acids is 1. The highest BCUT2D eigenvalue weighted by Gasteiger charge is 2.29. The van der Waals surface area contributed by atoms with Crippen LogP contribution in [0.2, 0.25) is 0 Å². The Morgan fingerprint density at radius 1 is 1.26 bits per heavy atom. The number of aryl methyl sites for hydroxylation is 1. The minimum Gasteiger partial charge on any atom is -0.481 e. The van der Waals surface area contributed by atoms with Crippen molar-refractivity contribution in [2.24, 2.45) is 0 Å². The van der Waals surface area contributed by atoms with Crippen molar-refractivity contribution in [3.05, 3.63) is 47.8 Å². The number of carboxylic acid groups (broad SMARTS) is 1. The van der Waals surface area contributed by atoms with Crippen LogP contribution in [-0.4, -0.2) is 26.8 Å². The molecule has 0 atom stereocenters. The summed E-state index contributed by atoms with van der Waals surface area (Å²) in [7, 11) is 0. The van der Waals surface area contributed by atoms with Crippen molar-refractivity contribution in [3.8, 4) is 0 Å². The van der Waals surface area contributed by atoms with Gasteiger partial charge in [-0.3, -0.25) is 14.3 Å². The molecule has 2 aromatic rings. The molecule has 0 aliphatic heterocycles. The topological polar surface area (TPSA) is 84.2 Å².